The summed E-state index contributed by atoms with van der Waals surface area (Å²) in [5.41, 5.74) is 0.737. The van der Waals surface area contributed by atoms with Crippen LogP contribution in [0.4, 0.5) is 0 Å². The Labute approximate surface area is 136 Å². The fourth-order valence-corrected chi connectivity index (χ4v) is 2.89. The first kappa shape index (κ1) is 17.6. The van der Waals surface area contributed by atoms with E-state index in [9.17, 15) is 13.2 Å². The minimum absolute atomic E-state index is 0.108. The topological polar surface area (TPSA) is 84.9 Å². The maximum absolute atomic E-state index is 11.9. The predicted molar refractivity (Wildman–Crippen MR) is 85.7 cm³/mol. The standard InChI is InChI=1S/C15H22N2O5S/c1-3-4-7-16-15(18)10-17(23(2,19)20)9-12-5-6-13-14(8-12)22-11-21-13/h5-6,8H,3-4,7,9-11H2,1-2H3,(H,16,18). The summed E-state index contributed by atoms with van der Waals surface area (Å²) in [5, 5.41) is 2.72. The number of amides is 1. The van der Waals surface area contributed by atoms with Crippen LogP contribution in [0.3, 0.4) is 0 Å². The molecule has 0 unspecified atom stereocenters. The minimum atomic E-state index is -3.50. The van der Waals surface area contributed by atoms with Gasteiger partial charge in [0.05, 0.1) is 12.8 Å². The van der Waals surface area contributed by atoms with E-state index >= 15 is 0 Å². The molecule has 0 spiro atoms. The second kappa shape index (κ2) is 7.65. The third kappa shape index (κ3) is 5.11. The average Bonchev–Trinajstić information content (AvgIpc) is 2.93. The molecule has 128 valence electrons. The molecule has 0 aromatic heterocycles. The lowest BCUT2D eigenvalue weighted by Crippen LogP contribution is -2.40. The molecule has 0 radical (unpaired) electrons. The third-order valence-electron chi connectivity index (χ3n) is 3.44. The number of sulfonamides is 1. The van der Waals surface area contributed by atoms with Gasteiger partial charge in [-0.05, 0) is 24.1 Å². The molecule has 1 aromatic carbocycles. The summed E-state index contributed by atoms with van der Waals surface area (Å²) in [5.74, 6) is 0.921. The Hall–Kier alpha value is -1.80. The molecule has 1 amide bonds. The van der Waals surface area contributed by atoms with Gasteiger partial charge in [-0.1, -0.05) is 19.4 Å². The number of unbranched alkanes of at least 4 members (excludes halogenated alkanes) is 1. The van der Waals surface area contributed by atoms with Crippen LogP contribution in [-0.2, 0) is 21.4 Å². The van der Waals surface area contributed by atoms with Gasteiger partial charge in [-0.25, -0.2) is 8.42 Å². The Kier molecular flexibility index (Phi) is 5.84. The molecule has 1 aliphatic heterocycles. The number of ether oxygens (including phenoxy) is 2. The Balaban J connectivity index is 2.03. The molecule has 23 heavy (non-hydrogen) atoms. The lowest BCUT2D eigenvalue weighted by Gasteiger charge is -2.19. The molecule has 2 rings (SSSR count). The predicted octanol–water partition coefficient (Wildman–Crippen LogP) is 1.09. The molecule has 1 aliphatic rings. The highest BCUT2D eigenvalue weighted by Crippen LogP contribution is 2.32. The van der Waals surface area contributed by atoms with E-state index in [0.717, 1.165) is 29.0 Å². The highest BCUT2D eigenvalue weighted by atomic mass is 32.2. The second-order valence-electron chi connectivity index (χ2n) is 5.42. The van der Waals surface area contributed by atoms with Crippen molar-refractivity contribution < 1.29 is 22.7 Å². The molecule has 7 nitrogen and oxygen atoms in total. The van der Waals surface area contributed by atoms with Crippen LogP contribution < -0.4 is 14.8 Å². The van der Waals surface area contributed by atoms with Gasteiger partial charge in [-0.15, -0.1) is 0 Å². The largest absolute Gasteiger partial charge is 0.454 e. The summed E-state index contributed by atoms with van der Waals surface area (Å²) in [6.07, 6.45) is 2.93. The van der Waals surface area contributed by atoms with Gasteiger partial charge in [0, 0.05) is 13.1 Å². The van der Waals surface area contributed by atoms with Gasteiger partial charge in [-0.3, -0.25) is 4.79 Å². The van der Waals surface area contributed by atoms with E-state index in [4.69, 9.17) is 9.47 Å². The first-order chi connectivity index (χ1) is 10.9. The van der Waals surface area contributed by atoms with Crippen LogP contribution in [0.1, 0.15) is 25.3 Å². The average molecular weight is 342 g/mol. The zero-order chi connectivity index (χ0) is 16.9. The third-order valence-corrected chi connectivity index (χ3v) is 4.63. The van der Waals surface area contributed by atoms with E-state index in [-0.39, 0.29) is 25.8 Å². The van der Waals surface area contributed by atoms with Crippen molar-refractivity contribution in [2.75, 3.05) is 26.1 Å². The number of fused-ring (bicyclic) bond motifs is 1. The van der Waals surface area contributed by atoms with Crippen LogP contribution in [0.5, 0.6) is 11.5 Å². The summed E-state index contributed by atoms with van der Waals surface area (Å²) >= 11 is 0. The van der Waals surface area contributed by atoms with Crippen molar-refractivity contribution in [1.82, 2.24) is 9.62 Å². The van der Waals surface area contributed by atoms with Gasteiger partial charge in [0.15, 0.2) is 11.5 Å². The molecule has 0 aliphatic carbocycles. The van der Waals surface area contributed by atoms with Crippen LogP contribution in [0.25, 0.3) is 0 Å². The van der Waals surface area contributed by atoms with Crippen molar-refractivity contribution in [2.24, 2.45) is 0 Å². The zero-order valence-corrected chi connectivity index (χ0v) is 14.2. The Morgan fingerprint density at radius 3 is 2.74 bits per heavy atom. The maximum Gasteiger partial charge on any atom is 0.235 e. The zero-order valence-electron chi connectivity index (χ0n) is 13.4. The van der Waals surface area contributed by atoms with Crippen LogP contribution in [0.2, 0.25) is 0 Å². The molecular weight excluding hydrogens is 320 g/mol. The molecule has 0 saturated heterocycles. The van der Waals surface area contributed by atoms with E-state index in [0.29, 0.717) is 18.0 Å². The van der Waals surface area contributed by atoms with Gasteiger partial charge in [0.25, 0.3) is 0 Å². The molecule has 8 heteroatoms. The quantitative estimate of drug-likeness (QED) is 0.715. The van der Waals surface area contributed by atoms with Crippen LogP contribution in [0.15, 0.2) is 18.2 Å². The van der Waals surface area contributed by atoms with Gasteiger partial charge in [-0.2, -0.15) is 4.31 Å². The second-order valence-corrected chi connectivity index (χ2v) is 7.40. The number of rotatable bonds is 8. The Morgan fingerprint density at radius 2 is 2.04 bits per heavy atom. The number of nitrogens with zero attached hydrogens (tertiary/aromatic N) is 1. The van der Waals surface area contributed by atoms with Crippen molar-refractivity contribution >= 4 is 15.9 Å². The summed E-state index contributed by atoms with van der Waals surface area (Å²) in [6.45, 7) is 2.65. The van der Waals surface area contributed by atoms with E-state index < -0.39 is 10.0 Å². The molecule has 0 fully saturated rings. The van der Waals surface area contributed by atoms with Gasteiger partial charge < -0.3 is 14.8 Å². The molecule has 1 N–H and O–H groups in total. The fraction of sp³-hybridized carbons (Fsp3) is 0.533. The van der Waals surface area contributed by atoms with E-state index in [2.05, 4.69) is 5.32 Å². The molecule has 0 atom stereocenters. The normalized spacial score (nSPS) is 13.3. The number of carbonyl (C=O) groups excluding carboxylic acids is 1. The molecular formula is C15H22N2O5S. The first-order valence-electron chi connectivity index (χ1n) is 7.50. The molecule has 1 heterocycles. The highest BCUT2D eigenvalue weighted by molar-refractivity contribution is 7.88. The van der Waals surface area contributed by atoms with Gasteiger partial charge in [0.1, 0.15) is 0 Å². The first-order valence-corrected chi connectivity index (χ1v) is 9.35. The molecule has 0 saturated carbocycles. The van der Waals surface area contributed by atoms with Crippen molar-refractivity contribution in [3.8, 4) is 11.5 Å². The summed E-state index contributed by atoms with van der Waals surface area (Å²) < 4.78 is 35.5. The fourth-order valence-electron chi connectivity index (χ4n) is 2.15. The van der Waals surface area contributed by atoms with Crippen molar-refractivity contribution in [2.45, 2.75) is 26.3 Å². The van der Waals surface area contributed by atoms with Crippen molar-refractivity contribution in [3.63, 3.8) is 0 Å². The SMILES string of the molecule is CCCCNC(=O)CN(Cc1ccc2c(c1)OCO2)S(C)(=O)=O. The number of carbonyl (C=O) groups is 1. The van der Waals surface area contributed by atoms with Gasteiger partial charge in [0.2, 0.25) is 22.7 Å². The summed E-state index contributed by atoms with van der Waals surface area (Å²) in [4.78, 5) is 11.9. The van der Waals surface area contributed by atoms with Crippen molar-refractivity contribution in [1.29, 1.82) is 0 Å². The summed E-state index contributed by atoms with van der Waals surface area (Å²) in [6, 6.07) is 5.23. The Bertz CT molecular complexity index is 660. The smallest absolute Gasteiger partial charge is 0.235 e. The number of hydrogen-bond donors (Lipinski definition) is 1. The highest BCUT2D eigenvalue weighted by Gasteiger charge is 2.22. The number of hydrogen-bond acceptors (Lipinski definition) is 5. The van der Waals surface area contributed by atoms with E-state index in [1.165, 1.54) is 0 Å². The van der Waals surface area contributed by atoms with Crippen LogP contribution >= 0.6 is 0 Å². The molecule has 0 bridgehead atoms. The van der Waals surface area contributed by atoms with Gasteiger partial charge >= 0.3 is 0 Å². The monoisotopic (exact) mass is 342 g/mol. The molecule has 1 aromatic rings. The van der Waals surface area contributed by atoms with E-state index in [1.807, 2.05) is 6.92 Å². The van der Waals surface area contributed by atoms with E-state index in [1.54, 1.807) is 18.2 Å². The summed E-state index contributed by atoms with van der Waals surface area (Å²) in [7, 11) is -3.50. The Morgan fingerprint density at radius 1 is 1.30 bits per heavy atom. The lowest BCUT2D eigenvalue weighted by molar-refractivity contribution is -0.121. The number of benzene rings is 1. The van der Waals surface area contributed by atoms with Crippen molar-refractivity contribution in [3.05, 3.63) is 23.8 Å². The van der Waals surface area contributed by atoms with Crippen LogP contribution in [0, 0.1) is 0 Å². The van der Waals surface area contributed by atoms with Crippen LogP contribution in [-0.4, -0.2) is 44.8 Å². The number of nitrogens with one attached hydrogen (secondary N) is 1. The lowest BCUT2D eigenvalue weighted by atomic mass is 10.2. The minimum Gasteiger partial charge on any atom is -0.454 e. The maximum atomic E-state index is 11.9.